The van der Waals surface area contributed by atoms with E-state index in [2.05, 4.69) is 37.9 Å². The normalized spacial score (nSPS) is 12.8. The molecule has 0 aliphatic heterocycles. The second kappa shape index (κ2) is 7.22. The lowest BCUT2D eigenvalue weighted by molar-refractivity contribution is 0.357. The topological polar surface area (TPSA) is 66.1 Å². The van der Waals surface area contributed by atoms with Gasteiger partial charge in [0, 0.05) is 13.1 Å². The van der Waals surface area contributed by atoms with Gasteiger partial charge in [-0.05, 0) is 31.6 Å². The van der Waals surface area contributed by atoms with Gasteiger partial charge in [0.15, 0.2) is 0 Å². The summed E-state index contributed by atoms with van der Waals surface area (Å²) in [6.45, 7) is 11.3. The van der Waals surface area contributed by atoms with Crippen LogP contribution in [0.15, 0.2) is 11.1 Å². The van der Waals surface area contributed by atoms with Gasteiger partial charge in [0.25, 0.3) is 0 Å². The number of nitrogens with zero attached hydrogens (tertiary/aromatic N) is 2. The van der Waals surface area contributed by atoms with Crippen LogP contribution < -0.4 is 0 Å². The third-order valence-corrected chi connectivity index (χ3v) is 5.33. The largest absolute Gasteiger partial charge is 0.281 e. The average molecular weight is 301 g/mol. The lowest BCUT2D eigenvalue weighted by Gasteiger charge is -2.23. The molecule has 1 N–H and O–H groups in total. The Morgan fingerprint density at radius 2 is 1.65 bits per heavy atom. The molecule has 6 heteroatoms. The van der Waals surface area contributed by atoms with E-state index < -0.39 is 10.0 Å². The number of rotatable bonds is 8. The quantitative estimate of drug-likeness (QED) is 0.803. The highest BCUT2D eigenvalue weighted by Crippen LogP contribution is 2.20. The van der Waals surface area contributed by atoms with E-state index in [0.717, 1.165) is 12.8 Å². The molecule has 0 bridgehead atoms. The van der Waals surface area contributed by atoms with Crippen LogP contribution in [0.5, 0.6) is 0 Å². The molecule has 0 unspecified atom stereocenters. The van der Waals surface area contributed by atoms with Crippen molar-refractivity contribution in [1.82, 2.24) is 14.5 Å². The lowest BCUT2D eigenvalue weighted by Crippen LogP contribution is -2.34. The first-order chi connectivity index (χ1) is 9.25. The van der Waals surface area contributed by atoms with Gasteiger partial charge in [0.1, 0.15) is 4.90 Å². The van der Waals surface area contributed by atoms with Crippen molar-refractivity contribution in [3.63, 3.8) is 0 Å². The van der Waals surface area contributed by atoms with E-state index in [4.69, 9.17) is 0 Å². The molecule has 0 saturated heterocycles. The first-order valence-electron chi connectivity index (χ1n) is 7.25. The predicted octanol–water partition coefficient (Wildman–Crippen LogP) is 2.80. The fraction of sp³-hybridized carbons (Fsp3) is 0.786. The zero-order chi connectivity index (χ0) is 15.3. The summed E-state index contributed by atoms with van der Waals surface area (Å²) >= 11 is 0. The molecule has 0 fully saturated rings. The third-order valence-electron chi connectivity index (χ3n) is 3.31. The Kier molecular flexibility index (Phi) is 6.20. The Hall–Kier alpha value is -0.880. The molecule has 0 aromatic carbocycles. The minimum Gasteiger partial charge on any atom is -0.281 e. The minimum absolute atomic E-state index is 0.296. The molecule has 0 aliphatic rings. The molecule has 1 rings (SSSR count). The van der Waals surface area contributed by atoms with Crippen molar-refractivity contribution in [3.8, 4) is 0 Å². The fourth-order valence-corrected chi connectivity index (χ4v) is 3.48. The van der Waals surface area contributed by atoms with E-state index in [1.54, 1.807) is 11.2 Å². The Bertz CT molecular complexity index is 494. The van der Waals surface area contributed by atoms with Crippen molar-refractivity contribution < 1.29 is 8.42 Å². The van der Waals surface area contributed by atoms with E-state index >= 15 is 0 Å². The van der Waals surface area contributed by atoms with Gasteiger partial charge in [-0.1, -0.05) is 27.7 Å². The van der Waals surface area contributed by atoms with E-state index in [1.165, 1.54) is 6.20 Å². The summed E-state index contributed by atoms with van der Waals surface area (Å²) in [5, 5.41) is 6.53. The first kappa shape index (κ1) is 17.2. The maximum atomic E-state index is 12.7. The molecular weight excluding hydrogens is 274 g/mol. The number of hydrogen-bond donors (Lipinski definition) is 1. The molecule has 0 aliphatic carbocycles. The van der Waals surface area contributed by atoms with Gasteiger partial charge in [-0.15, -0.1) is 0 Å². The van der Waals surface area contributed by atoms with E-state index in [1.807, 2.05) is 0 Å². The van der Waals surface area contributed by atoms with Gasteiger partial charge in [0.05, 0.1) is 11.9 Å². The van der Waals surface area contributed by atoms with Crippen LogP contribution in [0.4, 0.5) is 0 Å². The highest BCUT2D eigenvalue weighted by molar-refractivity contribution is 7.89. The number of hydrogen-bond acceptors (Lipinski definition) is 3. The Labute approximate surface area is 122 Å². The molecule has 1 aromatic heterocycles. The van der Waals surface area contributed by atoms with Crippen molar-refractivity contribution in [2.75, 3.05) is 13.1 Å². The summed E-state index contributed by atoms with van der Waals surface area (Å²) < 4.78 is 27.0. The SMILES string of the molecule is Cc1[nH]ncc1S(=O)(=O)N(CCC(C)C)CCC(C)C. The Morgan fingerprint density at radius 3 is 2.00 bits per heavy atom. The van der Waals surface area contributed by atoms with E-state index in [0.29, 0.717) is 35.5 Å². The standard InChI is InChI=1S/C14H27N3O2S/c1-11(2)6-8-17(9-7-12(3)4)20(18,19)14-10-15-16-13(14)5/h10-12H,6-9H2,1-5H3,(H,15,16). The smallest absolute Gasteiger partial charge is 0.246 e. The van der Waals surface area contributed by atoms with Crippen LogP contribution in [0.1, 0.15) is 46.2 Å². The van der Waals surface area contributed by atoms with Crippen LogP contribution in [-0.4, -0.2) is 36.0 Å². The van der Waals surface area contributed by atoms with Crippen molar-refractivity contribution in [2.24, 2.45) is 11.8 Å². The summed E-state index contributed by atoms with van der Waals surface area (Å²) in [6.07, 6.45) is 3.14. The molecule has 1 aromatic rings. The summed E-state index contributed by atoms with van der Waals surface area (Å²) in [6, 6.07) is 0. The Balaban J connectivity index is 2.93. The third kappa shape index (κ3) is 4.59. The van der Waals surface area contributed by atoms with Gasteiger partial charge < -0.3 is 0 Å². The van der Waals surface area contributed by atoms with Crippen LogP contribution in [0.3, 0.4) is 0 Å². The molecule has 0 atom stereocenters. The van der Waals surface area contributed by atoms with Crippen LogP contribution >= 0.6 is 0 Å². The number of aromatic amines is 1. The van der Waals surface area contributed by atoms with Crippen molar-refractivity contribution in [1.29, 1.82) is 0 Å². The number of sulfonamides is 1. The molecule has 1 heterocycles. The van der Waals surface area contributed by atoms with Gasteiger partial charge in [0.2, 0.25) is 10.0 Å². The number of aromatic nitrogens is 2. The monoisotopic (exact) mass is 301 g/mol. The molecule has 0 saturated carbocycles. The van der Waals surface area contributed by atoms with Crippen molar-refractivity contribution in [2.45, 2.75) is 52.4 Å². The lowest BCUT2D eigenvalue weighted by atomic mass is 10.1. The van der Waals surface area contributed by atoms with Crippen LogP contribution in [0.2, 0.25) is 0 Å². The van der Waals surface area contributed by atoms with Gasteiger partial charge in [-0.3, -0.25) is 5.10 Å². The van der Waals surface area contributed by atoms with E-state index in [9.17, 15) is 8.42 Å². The summed E-state index contributed by atoms with van der Waals surface area (Å²) in [5.74, 6) is 0.967. The highest BCUT2D eigenvalue weighted by atomic mass is 32.2. The molecule has 20 heavy (non-hydrogen) atoms. The average Bonchev–Trinajstić information content (AvgIpc) is 2.74. The maximum Gasteiger partial charge on any atom is 0.246 e. The van der Waals surface area contributed by atoms with Crippen LogP contribution in [0, 0.1) is 18.8 Å². The van der Waals surface area contributed by atoms with Crippen molar-refractivity contribution in [3.05, 3.63) is 11.9 Å². The predicted molar refractivity (Wildman–Crippen MR) is 81.0 cm³/mol. The zero-order valence-corrected chi connectivity index (χ0v) is 14.0. The van der Waals surface area contributed by atoms with Crippen molar-refractivity contribution >= 4 is 10.0 Å². The highest BCUT2D eigenvalue weighted by Gasteiger charge is 2.27. The number of nitrogens with one attached hydrogen (secondary N) is 1. The second-order valence-corrected chi connectivity index (χ2v) is 8.03. The Morgan fingerprint density at radius 1 is 1.15 bits per heavy atom. The first-order valence-corrected chi connectivity index (χ1v) is 8.69. The molecule has 0 radical (unpaired) electrons. The number of H-pyrrole nitrogens is 1. The maximum absolute atomic E-state index is 12.7. The molecule has 116 valence electrons. The summed E-state index contributed by atoms with van der Waals surface area (Å²) in [7, 11) is -3.44. The summed E-state index contributed by atoms with van der Waals surface area (Å²) in [4.78, 5) is 0.296. The zero-order valence-electron chi connectivity index (χ0n) is 13.2. The van der Waals surface area contributed by atoms with Crippen LogP contribution in [0.25, 0.3) is 0 Å². The van der Waals surface area contributed by atoms with Gasteiger partial charge >= 0.3 is 0 Å². The molecule has 0 spiro atoms. The number of aryl methyl sites for hydroxylation is 1. The van der Waals surface area contributed by atoms with Crippen LogP contribution in [-0.2, 0) is 10.0 Å². The fourth-order valence-electron chi connectivity index (χ4n) is 1.90. The summed E-state index contributed by atoms with van der Waals surface area (Å²) in [5.41, 5.74) is 0.601. The minimum atomic E-state index is -3.44. The molecular formula is C14H27N3O2S. The molecule has 5 nitrogen and oxygen atoms in total. The van der Waals surface area contributed by atoms with Gasteiger partial charge in [-0.2, -0.15) is 9.40 Å². The van der Waals surface area contributed by atoms with E-state index in [-0.39, 0.29) is 0 Å². The van der Waals surface area contributed by atoms with Gasteiger partial charge in [-0.25, -0.2) is 8.42 Å². The molecule has 0 amide bonds. The second-order valence-electron chi connectivity index (χ2n) is 6.13.